The van der Waals surface area contributed by atoms with E-state index in [9.17, 15) is 4.79 Å². The van der Waals surface area contributed by atoms with Gasteiger partial charge >= 0.3 is 0 Å². The Morgan fingerprint density at radius 1 is 0.909 bits per heavy atom. The van der Waals surface area contributed by atoms with E-state index < -0.39 is 0 Å². The maximum Gasteiger partial charge on any atom is 0.220 e. The minimum atomic E-state index is 0.0584. The van der Waals surface area contributed by atoms with Crippen molar-refractivity contribution in [3.05, 3.63) is 72.1 Å². The zero-order valence-corrected chi connectivity index (χ0v) is 12.2. The van der Waals surface area contributed by atoms with Crippen LogP contribution in [0.25, 0.3) is 11.0 Å². The van der Waals surface area contributed by atoms with Crippen LogP contribution in [0.3, 0.4) is 0 Å². The number of nitrogens with zero attached hydrogens (tertiary/aromatic N) is 2. The summed E-state index contributed by atoms with van der Waals surface area (Å²) in [6.45, 7) is 0.514. The zero-order chi connectivity index (χ0) is 15.2. The highest BCUT2D eigenvalue weighted by molar-refractivity contribution is 5.77. The summed E-state index contributed by atoms with van der Waals surface area (Å²) in [5.41, 5.74) is 3.92. The van der Waals surface area contributed by atoms with Crippen molar-refractivity contribution >= 4 is 16.9 Å². The minimum Gasteiger partial charge on any atom is -0.352 e. The average Bonchev–Trinajstić information content (AvgIpc) is 2.59. The smallest absolute Gasteiger partial charge is 0.220 e. The van der Waals surface area contributed by atoms with E-state index in [0.29, 0.717) is 13.0 Å². The van der Waals surface area contributed by atoms with Gasteiger partial charge in [-0.3, -0.25) is 14.8 Å². The third kappa shape index (κ3) is 3.67. The number of hydrogen-bond donors (Lipinski definition) is 1. The highest BCUT2D eigenvalue weighted by Gasteiger charge is 2.03. The molecule has 4 nitrogen and oxygen atoms in total. The standard InChI is InChI=1S/C18H17N3O/c22-18(9-7-14-4-2-1-3-5-14)21-13-15-6-8-16-17(12-15)20-11-10-19-16/h1-6,8,10-12H,7,9,13H2,(H,21,22). The van der Waals surface area contributed by atoms with E-state index in [-0.39, 0.29) is 5.91 Å². The molecule has 0 radical (unpaired) electrons. The summed E-state index contributed by atoms with van der Waals surface area (Å²) in [6, 6.07) is 15.9. The van der Waals surface area contributed by atoms with Crippen LogP contribution in [0.5, 0.6) is 0 Å². The Kier molecular flexibility index (Phi) is 4.39. The first-order valence-electron chi connectivity index (χ1n) is 7.31. The molecule has 0 aliphatic heterocycles. The molecule has 3 rings (SSSR count). The van der Waals surface area contributed by atoms with Crippen LogP contribution in [0.2, 0.25) is 0 Å². The number of rotatable bonds is 5. The summed E-state index contributed by atoms with van der Waals surface area (Å²) in [6.07, 6.45) is 4.60. The Morgan fingerprint density at radius 2 is 1.68 bits per heavy atom. The fourth-order valence-corrected chi connectivity index (χ4v) is 2.31. The molecule has 2 aromatic carbocycles. The Morgan fingerprint density at radius 3 is 2.50 bits per heavy atom. The van der Waals surface area contributed by atoms with E-state index in [2.05, 4.69) is 15.3 Å². The van der Waals surface area contributed by atoms with Crippen LogP contribution >= 0.6 is 0 Å². The van der Waals surface area contributed by atoms with Gasteiger partial charge < -0.3 is 5.32 Å². The van der Waals surface area contributed by atoms with Crippen molar-refractivity contribution in [3.63, 3.8) is 0 Å². The predicted molar refractivity (Wildman–Crippen MR) is 86.1 cm³/mol. The average molecular weight is 291 g/mol. The molecule has 3 aromatic rings. The van der Waals surface area contributed by atoms with E-state index in [1.54, 1.807) is 12.4 Å². The van der Waals surface area contributed by atoms with E-state index in [1.165, 1.54) is 5.56 Å². The molecule has 1 amide bonds. The number of amides is 1. The van der Waals surface area contributed by atoms with Crippen molar-refractivity contribution in [2.75, 3.05) is 0 Å². The third-order valence-electron chi connectivity index (χ3n) is 3.51. The molecule has 0 unspecified atom stereocenters. The molecule has 0 spiro atoms. The summed E-state index contributed by atoms with van der Waals surface area (Å²) in [5, 5.41) is 2.95. The van der Waals surface area contributed by atoms with Crippen LogP contribution in [0.1, 0.15) is 17.5 Å². The molecule has 0 fully saturated rings. The molecule has 0 aliphatic carbocycles. The topological polar surface area (TPSA) is 54.9 Å². The second-order valence-electron chi connectivity index (χ2n) is 5.14. The number of carbonyl (C=O) groups is 1. The minimum absolute atomic E-state index is 0.0584. The Bertz CT molecular complexity index is 771. The molecule has 0 saturated heterocycles. The highest BCUT2D eigenvalue weighted by atomic mass is 16.1. The maximum atomic E-state index is 11.9. The van der Waals surface area contributed by atoms with Crippen LogP contribution < -0.4 is 5.32 Å². The second kappa shape index (κ2) is 6.80. The van der Waals surface area contributed by atoms with Crippen molar-refractivity contribution in [1.82, 2.24) is 15.3 Å². The van der Waals surface area contributed by atoms with E-state index >= 15 is 0 Å². The van der Waals surface area contributed by atoms with Crippen molar-refractivity contribution in [2.45, 2.75) is 19.4 Å². The Hall–Kier alpha value is -2.75. The molecule has 0 saturated carbocycles. The first-order chi connectivity index (χ1) is 10.8. The van der Waals surface area contributed by atoms with Gasteiger partial charge in [-0.25, -0.2) is 0 Å². The Balaban J connectivity index is 1.53. The van der Waals surface area contributed by atoms with Gasteiger partial charge in [-0.1, -0.05) is 36.4 Å². The molecule has 22 heavy (non-hydrogen) atoms. The number of benzene rings is 2. The van der Waals surface area contributed by atoms with Gasteiger partial charge in [-0.05, 0) is 29.7 Å². The predicted octanol–water partition coefficient (Wildman–Crippen LogP) is 2.88. The van der Waals surface area contributed by atoms with Gasteiger partial charge in [0, 0.05) is 25.4 Å². The number of hydrogen-bond acceptors (Lipinski definition) is 3. The molecule has 1 aromatic heterocycles. The summed E-state index contributed by atoms with van der Waals surface area (Å²) >= 11 is 0. The first kappa shape index (κ1) is 14.2. The lowest BCUT2D eigenvalue weighted by Gasteiger charge is -2.06. The van der Waals surface area contributed by atoms with Gasteiger partial charge in [0.25, 0.3) is 0 Å². The molecular weight excluding hydrogens is 274 g/mol. The molecule has 4 heteroatoms. The lowest BCUT2D eigenvalue weighted by molar-refractivity contribution is -0.121. The molecule has 0 atom stereocenters. The van der Waals surface area contributed by atoms with Gasteiger partial charge in [0.05, 0.1) is 11.0 Å². The monoisotopic (exact) mass is 291 g/mol. The Labute approximate surface area is 129 Å². The van der Waals surface area contributed by atoms with Crippen molar-refractivity contribution in [3.8, 4) is 0 Å². The molecule has 1 heterocycles. The number of aryl methyl sites for hydroxylation is 1. The fourth-order valence-electron chi connectivity index (χ4n) is 2.31. The molecule has 110 valence electrons. The zero-order valence-electron chi connectivity index (χ0n) is 12.2. The molecule has 0 aliphatic rings. The lowest BCUT2D eigenvalue weighted by atomic mass is 10.1. The second-order valence-corrected chi connectivity index (χ2v) is 5.14. The van der Waals surface area contributed by atoms with Crippen molar-refractivity contribution < 1.29 is 4.79 Å². The quantitative estimate of drug-likeness (QED) is 0.786. The maximum absolute atomic E-state index is 11.9. The van der Waals surface area contributed by atoms with Crippen LogP contribution in [0, 0.1) is 0 Å². The normalized spacial score (nSPS) is 10.5. The third-order valence-corrected chi connectivity index (χ3v) is 3.51. The summed E-state index contributed by atoms with van der Waals surface area (Å²) < 4.78 is 0. The number of nitrogens with one attached hydrogen (secondary N) is 1. The van der Waals surface area contributed by atoms with Gasteiger partial charge in [-0.2, -0.15) is 0 Å². The number of fused-ring (bicyclic) bond motifs is 1. The van der Waals surface area contributed by atoms with Crippen molar-refractivity contribution in [2.24, 2.45) is 0 Å². The highest BCUT2D eigenvalue weighted by Crippen LogP contribution is 2.10. The molecular formula is C18H17N3O. The number of aromatic nitrogens is 2. The summed E-state index contributed by atoms with van der Waals surface area (Å²) in [7, 11) is 0. The summed E-state index contributed by atoms with van der Waals surface area (Å²) in [4.78, 5) is 20.4. The van der Waals surface area contributed by atoms with Gasteiger partial charge in [-0.15, -0.1) is 0 Å². The molecule has 1 N–H and O–H groups in total. The van der Waals surface area contributed by atoms with E-state index in [1.807, 2.05) is 48.5 Å². The van der Waals surface area contributed by atoms with Gasteiger partial charge in [0.2, 0.25) is 5.91 Å². The summed E-state index contributed by atoms with van der Waals surface area (Å²) in [5.74, 6) is 0.0584. The van der Waals surface area contributed by atoms with Gasteiger partial charge in [0.15, 0.2) is 0 Å². The largest absolute Gasteiger partial charge is 0.352 e. The molecule has 0 bridgehead atoms. The van der Waals surface area contributed by atoms with Crippen LogP contribution in [0.4, 0.5) is 0 Å². The van der Waals surface area contributed by atoms with Crippen LogP contribution in [-0.4, -0.2) is 15.9 Å². The van der Waals surface area contributed by atoms with E-state index in [0.717, 1.165) is 23.0 Å². The first-order valence-corrected chi connectivity index (χ1v) is 7.31. The van der Waals surface area contributed by atoms with Crippen LogP contribution in [-0.2, 0) is 17.8 Å². The SMILES string of the molecule is O=C(CCc1ccccc1)NCc1ccc2nccnc2c1. The van der Waals surface area contributed by atoms with Gasteiger partial charge in [0.1, 0.15) is 0 Å². The lowest BCUT2D eigenvalue weighted by Crippen LogP contribution is -2.23. The van der Waals surface area contributed by atoms with E-state index in [4.69, 9.17) is 0 Å². The fraction of sp³-hybridized carbons (Fsp3) is 0.167. The van der Waals surface area contributed by atoms with Crippen LogP contribution in [0.15, 0.2) is 60.9 Å². The number of carbonyl (C=O) groups excluding carboxylic acids is 1. The van der Waals surface area contributed by atoms with Crippen molar-refractivity contribution in [1.29, 1.82) is 0 Å².